The maximum absolute atomic E-state index is 9.48. The molecule has 0 saturated carbocycles. The zero-order valence-electron chi connectivity index (χ0n) is 10.7. The van der Waals surface area contributed by atoms with E-state index in [-0.39, 0.29) is 0 Å². The molecule has 1 aliphatic rings. The number of aromatic hydroxyl groups is 1. The molecule has 0 bridgehead atoms. The Morgan fingerprint density at radius 2 is 2.06 bits per heavy atom. The highest BCUT2D eigenvalue weighted by molar-refractivity contribution is 5.50. The fourth-order valence-electron chi connectivity index (χ4n) is 2.37. The molecular weight excluding hydrogens is 212 g/mol. The summed E-state index contributed by atoms with van der Waals surface area (Å²) in [6.07, 6.45) is 2.40. The Morgan fingerprint density at radius 1 is 1.35 bits per heavy atom. The first-order valence-corrected chi connectivity index (χ1v) is 6.47. The van der Waals surface area contributed by atoms with Crippen LogP contribution in [0.5, 0.6) is 5.75 Å². The number of likely N-dealkylation sites (tertiary alicyclic amines) is 1. The van der Waals surface area contributed by atoms with Gasteiger partial charge in [0.1, 0.15) is 5.75 Å². The first-order valence-electron chi connectivity index (χ1n) is 6.47. The van der Waals surface area contributed by atoms with Crippen LogP contribution in [0.1, 0.15) is 25.3 Å². The van der Waals surface area contributed by atoms with E-state index in [1.54, 1.807) is 6.07 Å². The fraction of sp³-hybridized carbons (Fsp3) is 0.571. The predicted molar refractivity (Wildman–Crippen MR) is 71.6 cm³/mol. The lowest BCUT2D eigenvalue weighted by Gasteiger charge is -2.32. The van der Waals surface area contributed by atoms with Crippen molar-refractivity contribution in [2.45, 2.75) is 32.7 Å². The minimum absolute atomic E-state index is 0.372. The van der Waals surface area contributed by atoms with Gasteiger partial charge in [0.2, 0.25) is 0 Å². The summed E-state index contributed by atoms with van der Waals surface area (Å²) in [5, 5.41) is 13.0. The average molecular weight is 234 g/mol. The molecule has 3 heteroatoms. The third-order valence-electron chi connectivity index (χ3n) is 3.60. The first kappa shape index (κ1) is 12.2. The number of aryl methyl sites for hydroxylation is 1. The molecule has 1 saturated heterocycles. The van der Waals surface area contributed by atoms with Crippen LogP contribution in [0.15, 0.2) is 18.2 Å². The molecule has 0 radical (unpaired) electrons. The van der Waals surface area contributed by atoms with Gasteiger partial charge in [0.25, 0.3) is 0 Å². The highest BCUT2D eigenvalue weighted by Gasteiger charge is 2.17. The Balaban J connectivity index is 1.91. The number of hydrogen-bond acceptors (Lipinski definition) is 3. The molecule has 0 spiro atoms. The fourth-order valence-corrected chi connectivity index (χ4v) is 2.37. The van der Waals surface area contributed by atoms with Crippen LogP contribution < -0.4 is 5.32 Å². The molecular formula is C14H22N2O. The Bertz CT molecular complexity index is 370. The molecule has 1 fully saturated rings. The number of hydrogen-bond donors (Lipinski definition) is 2. The highest BCUT2D eigenvalue weighted by Crippen LogP contribution is 2.22. The molecule has 0 amide bonds. The van der Waals surface area contributed by atoms with E-state index in [2.05, 4.69) is 17.1 Å². The molecule has 17 heavy (non-hydrogen) atoms. The second-order valence-electron chi connectivity index (χ2n) is 4.85. The number of benzene rings is 1. The second-order valence-corrected chi connectivity index (χ2v) is 4.85. The molecule has 1 aromatic carbocycles. The first-order chi connectivity index (χ1) is 8.19. The number of rotatable bonds is 3. The van der Waals surface area contributed by atoms with Crippen molar-refractivity contribution in [3.05, 3.63) is 23.8 Å². The van der Waals surface area contributed by atoms with Gasteiger partial charge in [0, 0.05) is 24.8 Å². The van der Waals surface area contributed by atoms with E-state index >= 15 is 0 Å². The van der Waals surface area contributed by atoms with Crippen molar-refractivity contribution in [2.75, 3.05) is 25.0 Å². The van der Waals surface area contributed by atoms with Crippen LogP contribution in [0.2, 0.25) is 0 Å². The second kappa shape index (κ2) is 5.41. The Kier molecular flexibility index (Phi) is 3.89. The van der Waals surface area contributed by atoms with Gasteiger partial charge in [0.15, 0.2) is 0 Å². The largest absolute Gasteiger partial charge is 0.508 e. The van der Waals surface area contributed by atoms with E-state index in [0.717, 1.165) is 17.8 Å². The zero-order valence-corrected chi connectivity index (χ0v) is 10.7. The average Bonchev–Trinajstić information content (AvgIpc) is 2.35. The number of phenolic OH excluding ortho intramolecular Hbond substituents is 1. The summed E-state index contributed by atoms with van der Waals surface area (Å²) in [4.78, 5) is 2.49. The number of anilines is 1. The Labute approximate surface area is 103 Å². The molecule has 1 heterocycles. The molecule has 2 rings (SSSR count). The predicted octanol–water partition coefficient (Wildman–Crippen LogP) is 2.60. The summed E-state index contributed by atoms with van der Waals surface area (Å²) >= 11 is 0. The summed E-state index contributed by atoms with van der Waals surface area (Å²) in [6, 6.07) is 6.30. The van der Waals surface area contributed by atoms with Crippen LogP contribution in [0, 0.1) is 6.92 Å². The van der Waals surface area contributed by atoms with Crippen LogP contribution in [0.4, 0.5) is 5.69 Å². The van der Waals surface area contributed by atoms with E-state index in [0.29, 0.717) is 11.8 Å². The molecule has 3 nitrogen and oxygen atoms in total. The van der Waals surface area contributed by atoms with E-state index in [1.165, 1.54) is 25.9 Å². The third kappa shape index (κ3) is 3.13. The summed E-state index contributed by atoms with van der Waals surface area (Å²) in [5.74, 6) is 0.372. The molecule has 0 atom stereocenters. The Hall–Kier alpha value is -1.22. The lowest BCUT2D eigenvalue weighted by molar-refractivity contribution is 0.229. The summed E-state index contributed by atoms with van der Waals surface area (Å²) in [5.41, 5.74) is 2.05. The number of nitrogens with one attached hydrogen (secondary N) is 1. The van der Waals surface area contributed by atoms with Gasteiger partial charge >= 0.3 is 0 Å². The Morgan fingerprint density at radius 3 is 2.65 bits per heavy atom. The van der Waals surface area contributed by atoms with Gasteiger partial charge in [0.05, 0.1) is 0 Å². The lowest BCUT2D eigenvalue weighted by atomic mass is 10.0. The molecule has 94 valence electrons. The number of nitrogens with zero attached hydrogens (tertiary/aromatic N) is 1. The van der Waals surface area contributed by atoms with Crippen molar-refractivity contribution in [3.8, 4) is 5.75 Å². The minimum atomic E-state index is 0.372. The van der Waals surface area contributed by atoms with Crippen LogP contribution >= 0.6 is 0 Å². The number of piperidine rings is 1. The molecule has 2 N–H and O–H groups in total. The van der Waals surface area contributed by atoms with Gasteiger partial charge in [-0.25, -0.2) is 0 Å². The number of phenols is 1. The van der Waals surface area contributed by atoms with E-state index in [1.807, 2.05) is 19.1 Å². The van der Waals surface area contributed by atoms with Gasteiger partial charge in [-0.05, 0) is 50.1 Å². The van der Waals surface area contributed by atoms with Crippen LogP contribution in [0.25, 0.3) is 0 Å². The van der Waals surface area contributed by atoms with Crippen LogP contribution in [-0.4, -0.2) is 35.7 Å². The van der Waals surface area contributed by atoms with Crippen molar-refractivity contribution in [2.24, 2.45) is 0 Å². The van der Waals surface area contributed by atoms with Crippen molar-refractivity contribution < 1.29 is 5.11 Å². The summed E-state index contributed by atoms with van der Waals surface area (Å²) in [7, 11) is 0. The van der Waals surface area contributed by atoms with Gasteiger partial charge in [-0.2, -0.15) is 0 Å². The molecule has 0 aromatic heterocycles. The van der Waals surface area contributed by atoms with Gasteiger partial charge in [-0.1, -0.05) is 6.92 Å². The normalized spacial score (nSPS) is 18.2. The monoisotopic (exact) mass is 234 g/mol. The van der Waals surface area contributed by atoms with Crippen molar-refractivity contribution in [3.63, 3.8) is 0 Å². The van der Waals surface area contributed by atoms with Crippen molar-refractivity contribution in [1.29, 1.82) is 0 Å². The molecule has 1 aromatic rings. The van der Waals surface area contributed by atoms with Crippen molar-refractivity contribution >= 4 is 5.69 Å². The van der Waals surface area contributed by atoms with Gasteiger partial charge in [-0.15, -0.1) is 0 Å². The third-order valence-corrected chi connectivity index (χ3v) is 3.60. The SMILES string of the molecule is CCN1CCC(Nc2ccc(O)c(C)c2)CC1. The minimum Gasteiger partial charge on any atom is -0.508 e. The smallest absolute Gasteiger partial charge is 0.118 e. The maximum atomic E-state index is 9.48. The van der Waals surface area contributed by atoms with E-state index < -0.39 is 0 Å². The van der Waals surface area contributed by atoms with E-state index in [9.17, 15) is 5.11 Å². The lowest BCUT2D eigenvalue weighted by Crippen LogP contribution is -2.38. The molecule has 1 aliphatic heterocycles. The van der Waals surface area contributed by atoms with Gasteiger partial charge < -0.3 is 15.3 Å². The maximum Gasteiger partial charge on any atom is 0.118 e. The standard InChI is InChI=1S/C14H22N2O/c1-3-16-8-6-12(7-9-16)15-13-4-5-14(17)11(2)10-13/h4-5,10,12,15,17H,3,6-9H2,1-2H3. The van der Waals surface area contributed by atoms with Crippen molar-refractivity contribution in [1.82, 2.24) is 4.90 Å². The topological polar surface area (TPSA) is 35.5 Å². The highest BCUT2D eigenvalue weighted by atomic mass is 16.3. The van der Waals surface area contributed by atoms with Crippen LogP contribution in [0.3, 0.4) is 0 Å². The van der Waals surface area contributed by atoms with E-state index in [4.69, 9.17) is 0 Å². The molecule has 0 unspecified atom stereocenters. The summed E-state index contributed by atoms with van der Waals surface area (Å²) in [6.45, 7) is 7.68. The molecule has 0 aliphatic carbocycles. The zero-order chi connectivity index (χ0) is 12.3. The van der Waals surface area contributed by atoms with Gasteiger partial charge in [-0.3, -0.25) is 0 Å². The quantitative estimate of drug-likeness (QED) is 0.789. The summed E-state index contributed by atoms with van der Waals surface area (Å²) < 4.78 is 0. The van der Waals surface area contributed by atoms with Crippen LogP contribution in [-0.2, 0) is 0 Å².